The Morgan fingerprint density at radius 1 is 1.38 bits per heavy atom. The molecule has 0 aliphatic heterocycles. The zero-order valence-corrected chi connectivity index (χ0v) is 14.6. The van der Waals surface area contributed by atoms with Crippen LogP contribution < -0.4 is 11.1 Å². The molecular formula is C15H21IN4O. The molecular weight excluding hydrogens is 379 g/mol. The maximum absolute atomic E-state index is 5.85. The fraction of sp³-hybridized carbons (Fsp3) is 0.333. The van der Waals surface area contributed by atoms with Gasteiger partial charge in [-0.15, -0.1) is 24.0 Å². The summed E-state index contributed by atoms with van der Waals surface area (Å²) in [5.74, 6) is 0.407. The number of rotatable bonds is 5. The first-order chi connectivity index (χ1) is 9.70. The van der Waals surface area contributed by atoms with E-state index in [1.54, 1.807) is 13.3 Å². The van der Waals surface area contributed by atoms with Crippen molar-refractivity contribution in [3.05, 3.63) is 42.2 Å². The monoisotopic (exact) mass is 400 g/mol. The number of halogens is 1. The normalized spacial score (nSPS) is 12.8. The molecule has 1 unspecified atom stereocenters. The van der Waals surface area contributed by atoms with Crippen LogP contribution in [0.2, 0.25) is 0 Å². The summed E-state index contributed by atoms with van der Waals surface area (Å²) in [5, 5.41) is 5.34. The number of benzene rings is 1. The fourth-order valence-corrected chi connectivity index (χ4v) is 2.06. The number of nitrogens with zero attached hydrogens (tertiary/aromatic N) is 2. The first-order valence-electron chi connectivity index (χ1n) is 6.58. The van der Waals surface area contributed by atoms with Crippen LogP contribution in [0.3, 0.4) is 0 Å². The van der Waals surface area contributed by atoms with E-state index in [1.807, 2.05) is 31.2 Å². The lowest BCUT2D eigenvalue weighted by atomic mass is 10.1. The number of ether oxygens (including phenoxy) is 1. The van der Waals surface area contributed by atoms with E-state index in [0.717, 1.165) is 16.5 Å². The summed E-state index contributed by atoms with van der Waals surface area (Å²) in [5.41, 5.74) is 6.78. The molecule has 1 heterocycles. The van der Waals surface area contributed by atoms with Crippen molar-refractivity contribution in [2.45, 2.75) is 19.5 Å². The zero-order chi connectivity index (χ0) is 14.4. The van der Waals surface area contributed by atoms with Crippen LogP contribution in [0.15, 0.2) is 41.5 Å². The number of fused-ring (bicyclic) bond motifs is 1. The van der Waals surface area contributed by atoms with E-state index >= 15 is 0 Å². The lowest BCUT2D eigenvalue weighted by Crippen LogP contribution is -2.40. The molecule has 0 amide bonds. The molecule has 0 bridgehead atoms. The Kier molecular flexibility index (Phi) is 7.38. The van der Waals surface area contributed by atoms with E-state index in [2.05, 4.69) is 21.4 Å². The van der Waals surface area contributed by atoms with E-state index in [-0.39, 0.29) is 30.0 Å². The molecule has 6 heteroatoms. The van der Waals surface area contributed by atoms with Gasteiger partial charge in [-0.05, 0) is 18.4 Å². The lowest BCUT2D eigenvalue weighted by Gasteiger charge is -2.13. The Morgan fingerprint density at radius 2 is 2.14 bits per heavy atom. The van der Waals surface area contributed by atoms with Crippen molar-refractivity contribution in [3.8, 4) is 0 Å². The first-order valence-corrected chi connectivity index (χ1v) is 6.58. The molecule has 0 spiro atoms. The third-order valence-electron chi connectivity index (χ3n) is 2.97. The Bertz CT molecular complexity index is 598. The molecule has 0 fully saturated rings. The number of aromatic nitrogens is 1. The third kappa shape index (κ3) is 5.13. The van der Waals surface area contributed by atoms with Crippen LogP contribution >= 0.6 is 24.0 Å². The summed E-state index contributed by atoms with van der Waals surface area (Å²) in [6.07, 6.45) is 1.80. The number of guanidine groups is 1. The summed E-state index contributed by atoms with van der Waals surface area (Å²) in [6.45, 7) is 3.03. The van der Waals surface area contributed by atoms with Crippen LogP contribution in [0.5, 0.6) is 0 Å². The molecule has 114 valence electrons. The van der Waals surface area contributed by atoms with Gasteiger partial charge in [0, 0.05) is 24.7 Å². The number of nitrogens with one attached hydrogen (secondary N) is 1. The van der Waals surface area contributed by atoms with Crippen molar-refractivity contribution in [2.75, 3.05) is 13.7 Å². The molecule has 21 heavy (non-hydrogen) atoms. The van der Waals surface area contributed by atoms with Crippen molar-refractivity contribution in [1.29, 1.82) is 0 Å². The molecule has 5 nitrogen and oxygen atoms in total. The maximum Gasteiger partial charge on any atom is 0.189 e. The van der Waals surface area contributed by atoms with Crippen LogP contribution in [-0.4, -0.2) is 30.7 Å². The van der Waals surface area contributed by atoms with Crippen molar-refractivity contribution in [2.24, 2.45) is 10.7 Å². The number of pyridine rings is 1. The van der Waals surface area contributed by atoms with Gasteiger partial charge in [0.1, 0.15) is 0 Å². The smallest absolute Gasteiger partial charge is 0.189 e. The van der Waals surface area contributed by atoms with Crippen LogP contribution in [0.1, 0.15) is 12.6 Å². The predicted molar refractivity (Wildman–Crippen MR) is 97.0 cm³/mol. The Morgan fingerprint density at radius 3 is 2.90 bits per heavy atom. The molecule has 2 aromatic rings. The third-order valence-corrected chi connectivity index (χ3v) is 2.97. The quantitative estimate of drug-likeness (QED) is 0.459. The lowest BCUT2D eigenvalue weighted by molar-refractivity contribution is 0.179. The van der Waals surface area contributed by atoms with Gasteiger partial charge in [0.05, 0.1) is 18.8 Å². The Balaban J connectivity index is 0.00000220. The molecule has 1 aromatic carbocycles. The van der Waals surface area contributed by atoms with Crippen molar-refractivity contribution >= 4 is 40.7 Å². The van der Waals surface area contributed by atoms with Gasteiger partial charge in [0.15, 0.2) is 5.96 Å². The molecule has 0 saturated heterocycles. The molecule has 0 radical (unpaired) electrons. The molecule has 0 aliphatic rings. The van der Waals surface area contributed by atoms with Gasteiger partial charge in [-0.25, -0.2) is 4.99 Å². The Hall–Kier alpha value is -1.41. The summed E-state index contributed by atoms with van der Waals surface area (Å²) >= 11 is 0. The van der Waals surface area contributed by atoms with Crippen LogP contribution in [0.25, 0.3) is 10.8 Å². The molecule has 0 saturated carbocycles. The molecule has 3 N–H and O–H groups in total. The Labute approximate surface area is 142 Å². The average Bonchev–Trinajstić information content (AvgIpc) is 2.45. The van der Waals surface area contributed by atoms with Crippen LogP contribution in [0, 0.1) is 0 Å². The minimum Gasteiger partial charge on any atom is -0.383 e. The van der Waals surface area contributed by atoms with Gasteiger partial charge in [-0.2, -0.15) is 0 Å². The zero-order valence-electron chi connectivity index (χ0n) is 12.2. The van der Waals surface area contributed by atoms with Crippen molar-refractivity contribution < 1.29 is 4.74 Å². The molecule has 0 aliphatic carbocycles. The number of hydrogen-bond donors (Lipinski definition) is 2. The number of nitrogens with two attached hydrogens (primary N) is 1. The molecule has 2 rings (SSSR count). The van der Waals surface area contributed by atoms with Gasteiger partial charge in [0.25, 0.3) is 0 Å². The largest absolute Gasteiger partial charge is 0.383 e. The van der Waals surface area contributed by atoms with Gasteiger partial charge >= 0.3 is 0 Å². The summed E-state index contributed by atoms with van der Waals surface area (Å²) in [6, 6.07) is 10.2. The minimum absolute atomic E-state index is 0. The highest BCUT2D eigenvalue weighted by molar-refractivity contribution is 14.0. The molecule has 1 aromatic heterocycles. The van der Waals surface area contributed by atoms with Crippen molar-refractivity contribution in [3.63, 3.8) is 0 Å². The highest BCUT2D eigenvalue weighted by Gasteiger charge is 2.03. The number of hydrogen-bond acceptors (Lipinski definition) is 3. The second kappa shape index (κ2) is 8.78. The number of methoxy groups -OCH3 is 1. The number of aliphatic imine (C=N–C) groups is 1. The highest BCUT2D eigenvalue weighted by atomic mass is 127. The predicted octanol–water partition coefficient (Wildman–Crippen LogP) is 2.29. The highest BCUT2D eigenvalue weighted by Crippen LogP contribution is 2.16. The van der Waals surface area contributed by atoms with Gasteiger partial charge in [0.2, 0.25) is 0 Å². The van der Waals surface area contributed by atoms with E-state index in [0.29, 0.717) is 19.1 Å². The van der Waals surface area contributed by atoms with Gasteiger partial charge in [-0.3, -0.25) is 4.98 Å². The van der Waals surface area contributed by atoms with Crippen molar-refractivity contribution in [1.82, 2.24) is 10.3 Å². The second-order valence-corrected chi connectivity index (χ2v) is 4.68. The van der Waals surface area contributed by atoms with E-state index in [4.69, 9.17) is 10.5 Å². The summed E-state index contributed by atoms with van der Waals surface area (Å²) < 4.78 is 5.04. The van der Waals surface area contributed by atoms with Crippen LogP contribution in [-0.2, 0) is 11.3 Å². The van der Waals surface area contributed by atoms with Gasteiger partial charge in [-0.1, -0.05) is 24.3 Å². The topological polar surface area (TPSA) is 72.5 Å². The standard InChI is InChI=1S/C15H20N4O.HI/c1-11(10-20-2)19-15(16)18-9-14-13-6-4-3-5-12(13)7-8-17-14;/h3-8,11H,9-10H2,1-2H3,(H3,16,18,19);1H. The van der Waals surface area contributed by atoms with E-state index < -0.39 is 0 Å². The van der Waals surface area contributed by atoms with Crippen LogP contribution in [0.4, 0.5) is 0 Å². The van der Waals surface area contributed by atoms with E-state index in [9.17, 15) is 0 Å². The minimum atomic E-state index is 0. The van der Waals surface area contributed by atoms with Gasteiger partial charge < -0.3 is 15.8 Å². The summed E-state index contributed by atoms with van der Waals surface area (Å²) in [4.78, 5) is 8.71. The second-order valence-electron chi connectivity index (χ2n) is 4.68. The first kappa shape index (κ1) is 17.6. The SMILES string of the molecule is COCC(C)NC(N)=NCc1nccc2ccccc12.I. The molecule has 1 atom stereocenters. The maximum atomic E-state index is 5.85. The van der Waals surface area contributed by atoms with E-state index in [1.165, 1.54) is 0 Å². The summed E-state index contributed by atoms with van der Waals surface area (Å²) in [7, 11) is 1.66. The average molecular weight is 400 g/mol. The fourth-order valence-electron chi connectivity index (χ4n) is 2.06.